The number of ether oxygens (including phenoxy) is 1. The number of nitrogens with zero attached hydrogens (tertiary/aromatic N) is 1. The lowest BCUT2D eigenvalue weighted by Gasteiger charge is -2.22. The fourth-order valence-electron chi connectivity index (χ4n) is 3.45. The van der Waals surface area contributed by atoms with Gasteiger partial charge in [-0.25, -0.2) is 0 Å². The molecule has 6 nitrogen and oxygen atoms in total. The number of hydrogen-bond donors (Lipinski definition) is 2. The lowest BCUT2D eigenvalue weighted by molar-refractivity contribution is -0.143. The van der Waals surface area contributed by atoms with Gasteiger partial charge in [0.25, 0.3) is 0 Å². The van der Waals surface area contributed by atoms with Gasteiger partial charge in [0.1, 0.15) is 0 Å². The Hall–Kier alpha value is -1.14. The minimum Gasteiger partial charge on any atom is -0.481 e. The van der Waals surface area contributed by atoms with E-state index < -0.39 is 5.97 Å². The van der Waals surface area contributed by atoms with Gasteiger partial charge in [-0.15, -0.1) is 0 Å². The maximum atomic E-state index is 12.0. The van der Waals surface area contributed by atoms with Crippen LogP contribution in [0.1, 0.15) is 39.5 Å². The quantitative estimate of drug-likeness (QED) is 0.650. The van der Waals surface area contributed by atoms with E-state index in [1.807, 2.05) is 13.8 Å². The molecule has 3 atom stereocenters. The second-order valence-electron chi connectivity index (χ2n) is 6.27. The van der Waals surface area contributed by atoms with Crippen molar-refractivity contribution < 1.29 is 19.4 Å². The number of amides is 1. The number of aliphatic carboxylic acids is 1. The van der Waals surface area contributed by atoms with Crippen molar-refractivity contribution >= 4 is 11.9 Å². The predicted octanol–water partition coefficient (Wildman–Crippen LogP) is 0.855. The average molecular weight is 298 g/mol. The number of hydrogen-bond acceptors (Lipinski definition) is 4. The number of carbonyl (C=O) groups is 2. The van der Waals surface area contributed by atoms with Crippen LogP contribution in [0.15, 0.2) is 0 Å². The molecule has 0 aromatic rings. The molecule has 0 spiro atoms. The summed E-state index contributed by atoms with van der Waals surface area (Å²) < 4.78 is 5.41. The highest BCUT2D eigenvalue weighted by Gasteiger charge is 2.49. The largest absolute Gasteiger partial charge is 0.481 e. The van der Waals surface area contributed by atoms with Crippen molar-refractivity contribution in [3.8, 4) is 0 Å². The van der Waals surface area contributed by atoms with Crippen LogP contribution in [0.25, 0.3) is 0 Å². The van der Waals surface area contributed by atoms with Crippen molar-refractivity contribution in [2.45, 2.75) is 57.7 Å². The zero-order valence-corrected chi connectivity index (χ0v) is 12.9. The number of carbonyl (C=O) groups excluding carboxylic acids is 1. The Balaban J connectivity index is 1.68. The highest BCUT2D eigenvalue weighted by atomic mass is 16.5. The first kappa shape index (κ1) is 16.2. The third kappa shape index (κ3) is 4.17. The van der Waals surface area contributed by atoms with E-state index in [4.69, 9.17) is 4.74 Å². The molecule has 2 heterocycles. The third-order valence-electron chi connectivity index (χ3n) is 4.42. The first-order valence-electron chi connectivity index (χ1n) is 7.86. The van der Waals surface area contributed by atoms with Gasteiger partial charge in [-0.1, -0.05) is 0 Å². The van der Waals surface area contributed by atoms with Gasteiger partial charge < -0.3 is 15.2 Å². The molecule has 2 rings (SSSR count). The van der Waals surface area contributed by atoms with Crippen molar-refractivity contribution in [1.29, 1.82) is 0 Å². The van der Waals surface area contributed by atoms with Gasteiger partial charge in [-0.3, -0.25) is 14.5 Å². The summed E-state index contributed by atoms with van der Waals surface area (Å²) in [7, 11) is 0. The highest BCUT2D eigenvalue weighted by Crippen LogP contribution is 2.41. The number of carboxylic acids is 1. The van der Waals surface area contributed by atoms with Crippen LogP contribution in [-0.2, 0) is 14.3 Å². The Labute approximate surface area is 125 Å². The van der Waals surface area contributed by atoms with Crippen molar-refractivity contribution in [3.63, 3.8) is 0 Å². The molecule has 21 heavy (non-hydrogen) atoms. The molecule has 120 valence electrons. The van der Waals surface area contributed by atoms with Crippen LogP contribution in [0.5, 0.6) is 0 Å². The van der Waals surface area contributed by atoms with Crippen LogP contribution in [0.3, 0.4) is 0 Å². The molecule has 0 aromatic carbocycles. The molecule has 2 N–H and O–H groups in total. The molecule has 2 bridgehead atoms. The van der Waals surface area contributed by atoms with E-state index in [0.717, 1.165) is 19.3 Å². The lowest BCUT2D eigenvalue weighted by atomic mass is 9.89. The maximum absolute atomic E-state index is 12.0. The number of fused-ring (bicyclic) bond motifs is 2. The van der Waals surface area contributed by atoms with E-state index in [1.165, 1.54) is 0 Å². The van der Waals surface area contributed by atoms with Crippen molar-refractivity contribution in [1.82, 2.24) is 10.2 Å². The molecule has 0 radical (unpaired) electrons. The Morgan fingerprint density at radius 1 is 1.38 bits per heavy atom. The number of carboxylic acid groups (broad SMARTS) is 1. The van der Waals surface area contributed by atoms with Crippen molar-refractivity contribution in [2.24, 2.45) is 5.92 Å². The van der Waals surface area contributed by atoms with Gasteiger partial charge in [-0.05, 0) is 39.5 Å². The molecule has 1 amide bonds. The van der Waals surface area contributed by atoms with E-state index in [-0.39, 0.29) is 30.0 Å². The van der Waals surface area contributed by atoms with E-state index in [0.29, 0.717) is 26.1 Å². The van der Waals surface area contributed by atoms with Gasteiger partial charge >= 0.3 is 5.97 Å². The second-order valence-corrected chi connectivity index (χ2v) is 6.27. The zero-order chi connectivity index (χ0) is 15.4. The molecule has 3 unspecified atom stereocenters. The van der Waals surface area contributed by atoms with Crippen molar-refractivity contribution in [3.05, 3.63) is 0 Å². The van der Waals surface area contributed by atoms with Crippen LogP contribution in [0.4, 0.5) is 0 Å². The summed E-state index contributed by atoms with van der Waals surface area (Å²) in [6, 6.07) is 0.314. The van der Waals surface area contributed by atoms with Crippen molar-refractivity contribution in [2.75, 3.05) is 19.7 Å². The van der Waals surface area contributed by atoms with Crippen LogP contribution in [-0.4, -0.2) is 59.8 Å². The van der Waals surface area contributed by atoms with Crippen LogP contribution >= 0.6 is 0 Å². The van der Waals surface area contributed by atoms with E-state index in [1.54, 1.807) is 0 Å². The molecule has 2 aliphatic heterocycles. The first-order chi connectivity index (χ1) is 9.99. The molecule has 2 fully saturated rings. The standard InChI is InChI=1S/C15H26N2O4/c1-10(2)21-7-3-6-16-14(18)9-17-11-4-5-13(17)12(8-11)15(19)20/h10-13H,3-9H2,1-2H3,(H,16,18)(H,19,20). The fourth-order valence-corrected chi connectivity index (χ4v) is 3.45. The highest BCUT2D eigenvalue weighted by molar-refractivity contribution is 5.78. The van der Waals surface area contributed by atoms with E-state index in [9.17, 15) is 14.7 Å². The second kappa shape index (κ2) is 7.22. The summed E-state index contributed by atoms with van der Waals surface area (Å²) in [5, 5.41) is 12.1. The molecule has 2 aliphatic rings. The smallest absolute Gasteiger partial charge is 0.308 e. The van der Waals surface area contributed by atoms with Gasteiger partial charge in [0, 0.05) is 25.2 Å². The summed E-state index contributed by atoms with van der Waals surface area (Å²) in [4.78, 5) is 25.2. The van der Waals surface area contributed by atoms with Crippen LogP contribution in [0.2, 0.25) is 0 Å². The molecular formula is C15H26N2O4. The molecular weight excluding hydrogens is 272 g/mol. The molecule has 2 saturated heterocycles. The third-order valence-corrected chi connectivity index (χ3v) is 4.42. The Kier molecular flexibility index (Phi) is 5.58. The first-order valence-corrected chi connectivity index (χ1v) is 7.86. The Bertz CT molecular complexity index is 386. The summed E-state index contributed by atoms with van der Waals surface area (Å²) in [5.41, 5.74) is 0. The summed E-state index contributed by atoms with van der Waals surface area (Å²) in [6.45, 7) is 5.55. The molecule has 6 heteroatoms. The van der Waals surface area contributed by atoms with Gasteiger partial charge in [-0.2, -0.15) is 0 Å². The maximum Gasteiger partial charge on any atom is 0.308 e. The normalized spacial score (nSPS) is 28.2. The minimum atomic E-state index is -0.724. The topological polar surface area (TPSA) is 78.9 Å². The summed E-state index contributed by atoms with van der Waals surface area (Å²) in [6.07, 6.45) is 3.62. The minimum absolute atomic E-state index is 0.0116. The van der Waals surface area contributed by atoms with E-state index >= 15 is 0 Å². The lowest BCUT2D eigenvalue weighted by Crippen LogP contribution is -2.41. The zero-order valence-electron chi connectivity index (χ0n) is 12.9. The summed E-state index contributed by atoms with van der Waals surface area (Å²) >= 11 is 0. The monoisotopic (exact) mass is 298 g/mol. The molecule has 0 saturated carbocycles. The SMILES string of the molecule is CC(C)OCCCNC(=O)CN1C2CCC1C(C(=O)O)C2. The van der Waals surface area contributed by atoms with Crippen LogP contribution < -0.4 is 5.32 Å². The molecule has 0 aliphatic carbocycles. The fraction of sp³-hybridized carbons (Fsp3) is 0.867. The number of nitrogens with one attached hydrogen (secondary N) is 1. The van der Waals surface area contributed by atoms with Gasteiger partial charge in [0.2, 0.25) is 5.91 Å². The van der Waals surface area contributed by atoms with Gasteiger partial charge in [0.15, 0.2) is 0 Å². The van der Waals surface area contributed by atoms with Crippen LogP contribution in [0, 0.1) is 5.92 Å². The Morgan fingerprint density at radius 3 is 2.76 bits per heavy atom. The summed E-state index contributed by atoms with van der Waals surface area (Å²) in [5.74, 6) is -1.03. The van der Waals surface area contributed by atoms with Gasteiger partial charge in [0.05, 0.1) is 18.6 Å². The Morgan fingerprint density at radius 2 is 2.14 bits per heavy atom. The average Bonchev–Trinajstić information content (AvgIpc) is 2.95. The predicted molar refractivity (Wildman–Crippen MR) is 78.0 cm³/mol. The molecule has 0 aromatic heterocycles. The van der Waals surface area contributed by atoms with E-state index in [2.05, 4.69) is 10.2 Å². The number of rotatable bonds is 8.